The fourth-order valence-corrected chi connectivity index (χ4v) is 4.03. The number of Topliss-reactive ketones (excluding diaryl/α,β-unsaturated/α-hetero) is 1. The van der Waals surface area contributed by atoms with Gasteiger partial charge in [0.25, 0.3) is 5.91 Å². The first-order valence-corrected chi connectivity index (χ1v) is 11.5. The number of hydrogen-bond acceptors (Lipinski definition) is 5. The van der Waals surface area contributed by atoms with Crippen LogP contribution in [0.3, 0.4) is 0 Å². The van der Waals surface area contributed by atoms with Crippen LogP contribution in [0.25, 0.3) is 5.69 Å². The zero-order valence-electron chi connectivity index (χ0n) is 18.4. The van der Waals surface area contributed by atoms with Gasteiger partial charge < -0.3 is 10.6 Å². The Labute approximate surface area is 201 Å². The van der Waals surface area contributed by atoms with Gasteiger partial charge in [-0.1, -0.05) is 48.2 Å². The van der Waals surface area contributed by atoms with Crippen LogP contribution in [0.15, 0.2) is 96.4 Å². The summed E-state index contributed by atoms with van der Waals surface area (Å²) in [6.07, 6.45) is 3.43. The number of aromatic nitrogens is 2. The zero-order valence-corrected chi connectivity index (χ0v) is 19.2. The second-order valence-corrected chi connectivity index (χ2v) is 8.37. The first-order valence-electron chi connectivity index (χ1n) is 10.5. The van der Waals surface area contributed by atoms with E-state index in [1.165, 1.54) is 18.7 Å². The van der Waals surface area contributed by atoms with E-state index >= 15 is 0 Å². The molecular weight excluding hydrogens is 448 g/mol. The smallest absolute Gasteiger partial charge is 0.255 e. The number of imidazole rings is 1. The third-order valence-corrected chi connectivity index (χ3v) is 5.88. The van der Waals surface area contributed by atoms with Gasteiger partial charge in [0.05, 0.1) is 5.75 Å². The van der Waals surface area contributed by atoms with Crippen LogP contribution in [-0.2, 0) is 4.79 Å². The van der Waals surface area contributed by atoms with E-state index in [9.17, 15) is 14.4 Å². The molecule has 1 heterocycles. The molecule has 34 heavy (non-hydrogen) atoms. The van der Waals surface area contributed by atoms with E-state index < -0.39 is 0 Å². The number of benzene rings is 3. The van der Waals surface area contributed by atoms with Gasteiger partial charge in [0, 0.05) is 40.6 Å². The van der Waals surface area contributed by atoms with Gasteiger partial charge in [-0.25, -0.2) is 4.98 Å². The fourth-order valence-electron chi connectivity index (χ4n) is 3.26. The topological polar surface area (TPSA) is 93.1 Å². The van der Waals surface area contributed by atoms with Crippen LogP contribution < -0.4 is 10.6 Å². The van der Waals surface area contributed by atoms with Crippen molar-refractivity contribution in [2.75, 3.05) is 16.4 Å². The van der Waals surface area contributed by atoms with Crippen molar-refractivity contribution in [3.05, 3.63) is 102 Å². The van der Waals surface area contributed by atoms with E-state index in [1.54, 1.807) is 54.9 Å². The standard InChI is InChI=1S/C26H22N4O3S/c1-18(31)19-7-5-11-22(15-19)28-24(32)17-34-26-27-13-14-30(26)23-12-6-8-20(16-23)25(33)29-21-9-3-2-4-10-21/h2-16H,17H2,1H3,(H,28,32)(H,29,33). The number of nitrogens with zero attached hydrogens (tertiary/aromatic N) is 2. The third kappa shape index (κ3) is 5.79. The molecule has 0 unspecified atom stereocenters. The molecule has 0 fully saturated rings. The van der Waals surface area contributed by atoms with Gasteiger partial charge in [-0.3, -0.25) is 19.0 Å². The Morgan fingerprint density at radius 2 is 1.59 bits per heavy atom. The largest absolute Gasteiger partial charge is 0.325 e. The molecule has 1 aromatic heterocycles. The molecule has 0 spiro atoms. The molecule has 0 atom stereocenters. The lowest BCUT2D eigenvalue weighted by Gasteiger charge is -2.10. The number of ketones is 1. The molecule has 7 nitrogen and oxygen atoms in total. The normalized spacial score (nSPS) is 10.5. The Balaban J connectivity index is 1.42. The Hall–Kier alpha value is -4.17. The SMILES string of the molecule is CC(=O)c1cccc(NC(=O)CSc2nccn2-c2cccc(C(=O)Nc3ccccc3)c2)c1. The predicted molar refractivity (Wildman–Crippen MR) is 134 cm³/mol. The van der Waals surface area contributed by atoms with E-state index in [-0.39, 0.29) is 23.4 Å². The lowest BCUT2D eigenvalue weighted by Crippen LogP contribution is -2.15. The van der Waals surface area contributed by atoms with Crippen molar-refractivity contribution in [3.63, 3.8) is 0 Å². The summed E-state index contributed by atoms with van der Waals surface area (Å²) >= 11 is 1.28. The van der Waals surface area contributed by atoms with Crippen LogP contribution in [0.1, 0.15) is 27.6 Å². The number of rotatable bonds is 8. The summed E-state index contributed by atoms with van der Waals surface area (Å²) in [4.78, 5) is 41.0. The average Bonchev–Trinajstić information content (AvgIpc) is 3.32. The molecule has 3 aromatic carbocycles. The van der Waals surface area contributed by atoms with E-state index in [1.807, 2.05) is 41.0 Å². The quantitative estimate of drug-likeness (QED) is 0.277. The Kier molecular flexibility index (Phi) is 7.19. The molecule has 2 N–H and O–H groups in total. The number of thioether (sulfide) groups is 1. The maximum Gasteiger partial charge on any atom is 0.255 e. The number of hydrogen-bond donors (Lipinski definition) is 2. The van der Waals surface area contributed by atoms with Crippen LogP contribution in [-0.4, -0.2) is 32.9 Å². The van der Waals surface area contributed by atoms with Crippen molar-refractivity contribution < 1.29 is 14.4 Å². The highest BCUT2D eigenvalue weighted by Gasteiger charge is 2.12. The monoisotopic (exact) mass is 470 g/mol. The highest BCUT2D eigenvalue weighted by molar-refractivity contribution is 7.99. The molecule has 4 rings (SSSR count). The number of amides is 2. The molecule has 4 aromatic rings. The fraction of sp³-hybridized carbons (Fsp3) is 0.0769. The molecule has 0 aliphatic heterocycles. The number of anilines is 2. The number of carbonyl (C=O) groups is 3. The third-order valence-electron chi connectivity index (χ3n) is 4.91. The van der Waals surface area contributed by atoms with E-state index in [4.69, 9.17) is 0 Å². The Bertz CT molecular complexity index is 1330. The van der Waals surface area contributed by atoms with Gasteiger partial charge in [-0.05, 0) is 49.4 Å². The van der Waals surface area contributed by atoms with Crippen LogP contribution in [0.5, 0.6) is 0 Å². The maximum absolute atomic E-state index is 12.7. The second-order valence-electron chi connectivity index (χ2n) is 7.42. The van der Waals surface area contributed by atoms with Gasteiger partial charge in [0.15, 0.2) is 10.9 Å². The van der Waals surface area contributed by atoms with Gasteiger partial charge in [0.2, 0.25) is 5.91 Å². The highest BCUT2D eigenvalue weighted by Crippen LogP contribution is 2.22. The van der Waals surface area contributed by atoms with Crippen LogP contribution in [0, 0.1) is 0 Å². The summed E-state index contributed by atoms with van der Waals surface area (Å²) in [5.41, 5.74) is 3.09. The summed E-state index contributed by atoms with van der Waals surface area (Å²) in [6.45, 7) is 1.48. The predicted octanol–water partition coefficient (Wildman–Crippen LogP) is 5.06. The summed E-state index contributed by atoms with van der Waals surface area (Å²) in [6, 6.07) is 23.3. The van der Waals surface area contributed by atoms with E-state index in [0.29, 0.717) is 22.0 Å². The molecule has 0 saturated carbocycles. The number of carbonyl (C=O) groups excluding carboxylic acids is 3. The second kappa shape index (κ2) is 10.6. The molecular formula is C26H22N4O3S. The minimum atomic E-state index is -0.213. The van der Waals surface area contributed by atoms with Crippen molar-refractivity contribution >= 4 is 40.7 Å². The van der Waals surface area contributed by atoms with Crippen molar-refractivity contribution in [2.45, 2.75) is 12.1 Å². The lowest BCUT2D eigenvalue weighted by atomic mass is 10.1. The van der Waals surface area contributed by atoms with Gasteiger partial charge in [-0.2, -0.15) is 0 Å². The van der Waals surface area contributed by atoms with Gasteiger partial charge in [0.1, 0.15) is 0 Å². The van der Waals surface area contributed by atoms with E-state index in [0.717, 1.165) is 11.4 Å². The molecule has 0 saturated heterocycles. The lowest BCUT2D eigenvalue weighted by molar-refractivity contribution is -0.113. The average molecular weight is 471 g/mol. The maximum atomic E-state index is 12.7. The molecule has 0 radical (unpaired) electrons. The number of nitrogens with one attached hydrogen (secondary N) is 2. The molecule has 0 bridgehead atoms. The molecule has 0 aliphatic carbocycles. The van der Waals surface area contributed by atoms with Gasteiger partial charge in [-0.15, -0.1) is 0 Å². The summed E-state index contributed by atoms with van der Waals surface area (Å²) in [5, 5.41) is 6.30. The van der Waals surface area contributed by atoms with Crippen LogP contribution in [0.4, 0.5) is 11.4 Å². The van der Waals surface area contributed by atoms with Crippen molar-refractivity contribution in [1.82, 2.24) is 9.55 Å². The van der Waals surface area contributed by atoms with Crippen molar-refractivity contribution in [3.8, 4) is 5.69 Å². The molecule has 170 valence electrons. The molecule has 0 aliphatic rings. The highest BCUT2D eigenvalue weighted by atomic mass is 32.2. The van der Waals surface area contributed by atoms with Crippen LogP contribution >= 0.6 is 11.8 Å². The summed E-state index contributed by atoms with van der Waals surface area (Å²) in [7, 11) is 0. The van der Waals surface area contributed by atoms with Gasteiger partial charge >= 0.3 is 0 Å². The van der Waals surface area contributed by atoms with E-state index in [2.05, 4.69) is 15.6 Å². The number of para-hydroxylation sites is 1. The summed E-state index contributed by atoms with van der Waals surface area (Å²) < 4.78 is 1.83. The molecule has 8 heteroatoms. The summed E-state index contributed by atoms with van der Waals surface area (Å²) in [5.74, 6) is -0.354. The Morgan fingerprint density at radius 1 is 0.853 bits per heavy atom. The minimum absolute atomic E-state index is 0.0628. The van der Waals surface area contributed by atoms with Crippen molar-refractivity contribution in [1.29, 1.82) is 0 Å². The first kappa shape index (κ1) is 23.0. The zero-order chi connectivity index (χ0) is 23.9. The van der Waals surface area contributed by atoms with Crippen molar-refractivity contribution in [2.24, 2.45) is 0 Å². The Morgan fingerprint density at radius 3 is 2.38 bits per heavy atom. The first-order chi connectivity index (χ1) is 16.5. The minimum Gasteiger partial charge on any atom is -0.325 e. The molecule has 2 amide bonds. The van der Waals surface area contributed by atoms with Crippen LogP contribution in [0.2, 0.25) is 0 Å².